The second kappa shape index (κ2) is 8.11. The van der Waals surface area contributed by atoms with Crippen LogP contribution in [0.2, 0.25) is 0 Å². The van der Waals surface area contributed by atoms with Crippen molar-refractivity contribution in [3.63, 3.8) is 0 Å². The first-order valence-electron chi connectivity index (χ1n) is 14.3. The molecule has 0 saturated carbocycles. The van der Waals surface area contributed by atoms with Crippen LogP contribution in [0.3, 0.4) is 0 Å². The number of rotatable bonds is 2. The Kier molecular flexibility index (Phi) is 4.29. The van der Waals surface area contributed by atoms with Crippen LogP contribution in [0, 0.1) is 5.82 Å². The highest BCUT2D eigenvalue weighted by molar-refractivity contribution is 6.11. The van der Waals surface area contributed by atoms with Crippen molar-refractivity contribution in [2.45, 2.75) is 0 Å². The lowest BCUT2D eigenvalue weighted by atomic mass is 10.1. The Morgan fingerprint density at radius 3 is 1.93 bits per heavy atom. The summed E-state index contributed by atoms with van der Waals surface area (Å²) in [5.74, 6) is 0.645. The van der Waals surface area contributed by atoms with E-state index in [1.807, 2.05) is 54.6 Å². The van der Waals surface area contributed by atoms with E-state index in [9.17, 15) is 0 Å². The van der Waals surface area contributed by atoms with Crippen molar-refractivity contribution in [3.8, 4) is 11.4 Å². The first-order chi connectivity index (χ1) is 21.2. The average Bonchev–Trinajstić information content (AvgIpc) is 3.77. The van der Waals surface area contributed by atoms with Gasteiger partial charge in [0.25, 0.3) is 0 Å². The van der Waals surface area contributed by atoms with Crippen LogP contribution in [0.25, 0.3) is 83.0 Å². The molecule has 5 nitrogen and oxygen atoms in total. The van der Waals surface area contributed by atoms with Crippen molar-refractivity contribution in [2.24, 2.45) is 0 Å². The molecular formula is C37H21FN4O. The fraction of sp³-hybridized carbons (Fsp3) is 0. The molecule has 202 valence electrons. The second-order valence-corrected chi connectivity index (χ2v) is 11.0. The Morgan fingerprint density at radius 2 is 1.14 bits per heavy atom. The number of hydrogen-bond acceptors (Lipinski definition) is 2. The van der Waals surface area contributed by atoms with Crippen LogP contribution in [-0.2, 0) is 0 Å². The summed E-state index contributed by atoms with van der Waals surface area (Å²) in [5, 5.41) is 3.53. The molecule has 6 heteroatoms. The number of halogens is 1. The molecule has 43 heavy (non-hydrogen) atoms. The van der Waals surface area contributed by atoms with E-state index in [1.54, 1.807) is 6.07 Å². The van der Waals surface area contributed by atoms with E-state index in [-0.39, 0.29) is 5.82 Å². The molecule has 0 unspecified atom stereocenters. The molecule has 0 aliphatic carbocycles. The van der Waals surface area contributed by atoms with Gasteiger partial charge in [-0.15, -0.1) is 0 Å². The summed E-state index contributed by atoms with van der Waals surface area (Å²) in [6, 6.07) is 42.4. The third-order valence-corrected chi connectivity index (χ3v) is 8.71. The van der Waals surface area contributed by atoms with Crippen LogP contribution in [-0.4, -0.2) is 18.5 Å². The number of benzene rings is 6. The highest BCUT2D eigenvalue weighted by Crippen LogP contribution is 2.38. The predicted molar refractivity (Wildman–Crippen MR) is 171 cm³/mol. The van der Waals surface area contributed by atoms with Crippen LogP contribution in [0.5, 0.6) is 0 Å². The van der Waals surface area contributed by atoms with Crippen molar-refractivity contribution >= 4 is 71.6 Å². The Hall–Kier alpha value is -5.88. The Morgan fingerprint density at radius 1 is 0.512 bits per heavy atom. The zero-order valence-corrected chi connectivity index (χ0v) is 22.7. The van der Waals surface area contributed by atoms with E-state index in [2.05, 4.69) is 74.2 Å². The number of fused-ring (bicyclic) bond motifs is 11. The summed E-state index contributed by atoms with van der Waals surface area (Å²) in [4.78, 5) is 5.04. The minimum absolute atomic E-state index is 0.219. The molecule has 0 saturated heterocycles. The number of para-hydroxylation sites is 5. The molecule has 0 bridgehead atoms. The number of furan rings is 1. The van der Waals surface area contributed by atoms with Crippen LogP contribution >= 0.6 is 0 Å². The third-order valence-electron chi connectivity index (χ3n) is 8.71. The van der Waals surface area contributed by atoms with Gasteiger partial charge in [0.05, 0.1) is 38.8 Å². The lowest BCUT2D eigenvalue weighted by Gasteiger charge is -2.08. The molecule has 0 radical (unpaired) electrons. The maximum absolute atomic E-state index is 15.1. The van der Waals surface area contributed by atoms with Crippen molar-refractivity contribution in [2.75, 3.05) is 0 Å². The van der Waals surface area contributed by atoms with Gasteiger partial charge in [-0.2, -0.15) is 0 Å². The molecule has 10 rings (SSSR count). The maximum Gasteiger partial charge on any atom is 0.220 e. The van der Waals surface area contributed by atoms with Gasteiger partial charge < -0.3 is 8.98 Å². The van der Waals surface area contributed by atoms with Gasteiger partial charge in [-0.3, -0.25) is 8.97 Å². The van der Waals surface area contributed by atoms with E-state index in [4.69, 9.17) is 9.40 Å². The van der Waals surface area contributed by atoms with Gasteiger partial charge in [0.15, 0.2) is 0 Å². The number of imidazole rings is 2. The SMILES string of the molecule is Fc1cccc2c1c1ccccc1n2-c1ccc2oc3ccc(-n4c5ccccc5n5c6ccccc6nc45)cc3c2c1. The van der Waals surface area contributed by atoms with Gasteiger partial charge in [0, 0.05) is 27.2 Å². The molecule has 0 N–H and O–H groups in total. The third kappa shape index (κ3) is 2.96. The fourth-order valence-electron chi connectivity index (χ4n) is 6.89. The van der Waals surface area contributed by atoms with Crippen molar-refractivity contribution in [1.82, 2.24) is 18.5 Å². The first-order valence-corrected chi connectivity index (χ1v) is 14.3. The zero-order chi connectivity index (χ0) is 28.2. The largest absolute Gasteiger partial charge is 0.456 e. The fourth-order valence-corrected chi connectivity index (χ4v) is 6.89. The summed E-state index contributed by atoms with van der Waals surface area (Å²) in [5.41, 5.74) is 9.58. The summed E-state index contributed by atoms with van der Waals surface area (Å²) < 4.78 is 28.0. The smallest absolute Gasteiger partial charge is 0.220 e. The van der Waals surface area contributed by atoms with Crippen LogP contribution in [0.15, 0.2) is 132 Å². The predicted octanol–water partition coefficient (Wildman–Crippen LogP) is 9.57. The second-order valence-electron chi connectivity index (χ2n) is 11.0. The van der Waals surface area contributed by atoms with Gasteiger partial charge in [0.2, 0.25) is 5.78 Å². The van der Waals surface area contributed by atoms with Crippen molar-refractivity contribution < 1.29 is 8.81 Å². The van der Waals surface area contributed by atoms with Crippen molar-refractivity contribution in [1.29, 1.82) is 0 Å². The first kappa shape index (κ1) is 22.8. The molecule has 0 spiro atoms. The highest BCUT2D eigenvalue weighted by Gasteiger charge is 2.19. The zero-order valence-electron chi connectivity index (χ0n) is 22.7. The molecule has 0 fully saturated rings. The summed E-state index contributed by atoms with van der Waals surface area (Å²) in [7, 11) is 0. The van der Waals surface area contributed by atoms with Crippen LogP contribution < -0.4 is 0 Å². The molecular weight excluding hydrogens is 535 g/mol. The number of aromatic nitrogens is 4. The van der Waals surface area contributed by atoms with Crippen LogP contribution in [0.4, 0.5) is 4.39 Å². The summed E-state index contributed by atoms with van der Waals surface area (Å²) >= 11 is 0. The molecule has 6 aromatic carbocycles. The number of nitrogens with zero attached hydrogens (tertiary/aromatic N) is 4. The topological polar surface area (TPSA) is 40.3 Å². The molecule has 0 amide bonds. The Balaban J connectivity index is 1.25. The monoisotopic (exact) mass is 556 g/mol. The van der Waals surface area contributed by atoms with Gasteiger partial charge in [0.1, 0.15) is 17.0 Å². The molecule has 4 heterocycles. The average molecular weight is 557 g/mol. The van der Waals surface area contributed by atoms with E-state index < -0.39 is 0 Å². The normalized spacial score (nSPS) is 12.3. The van der Waals surface area contributed by atoms with Gasteiger partial charge in [-0.25, -0.2) is 9.37 Å². The maximum atomic E-state index is 15.1. The minimum atomic E-state index is -0.219. The Bertz CT molecular complexity index is 2760. The van der Waals surface area contributed by atoms with Gasteiger partial charge >= 0.3 is 0 Å². The molecule has 0 atom stereocenters. The standard InChI is InChI=1S/C37H21FN4O/c38-27-9-7-15-33-36(27)24-8-1-3-11-29(24)40(33)22-16-18-34-25(20-22)26-21-23(17-19-35(26)43-34)41-31-13-5-6-14-32(31)42-30-12-4-2-10-28(30)39-37(41)42/h1-21H. The molecule has 0 aliphatic heterocycles. The highest BCUT2D eigenvalue weighted by atomic mass is 19.1. The van der Waals surface area contributed by atoms with E-state index in [0.29, 0.717) is 5.39 Å². The lowest BCUT2D eigenvalue weighted by Crippen LogP contribution is -1.95. The minimum Gasteiger partial charge on any atom is -0.456 e. The van der Waals surface area contributed by atoms with E-state index in [1.165, 1.54) is 6.07 Å². The quantitative estimate of drug-likeness (QED) is 0.213. The summed E-state index contributed by atoms with van der Waals surface area (Å²) in [6.45, 7) is 0. The van der Waals surface area contributed by atoms with Crippen LogP contribution in [0.1, 0.15) is 0 Å². The number of hydrogen-bond donors (Lipinski definition) is 0. The van der Waals surface area contributed by atoms with E-state index >= 15 is 4.39 Å². The lowest BCUT2D eigenvalue weighted by molar-refractivity contribution is 0.640. The van der Waals surface area contributed by atoms with Gasteiger partial charge in [-0.1, -0.05) is 48.5 Å². The summed E-state index contributed by atoms with van der Waals surface area (Å²) in [6.07, 6.45) is 0. The van der Waals surface area contributed by atoms with Gasteiger partial charge in [-0.05, 0) is 78.9 Å². The molecule has 4 aromatic heterocycles. The van der Waals surface area contributed by atoms with E-state index in [0.717, 1.165) is 77.6 Å². The Labute approximate surface area is 243 Å². The molecule has 10 aromatic rings. The molecule has 0 aliphatic rings. The van der Waals surface area contributed by atoms with Crippen molar-refractivity contribution in [3.05, 3.63) is 133 Å².